The predicted molar refractivity (Wildman–Crippen MR) is 93.1 cm³/mol. The zero-order valence-electron chi connectivity index (χ0n) is 14.7. The molecule has 1 aromatic heterocycles. The van der Waals surface area contributed by atoms with Crippen molar-refractivity contribution in [3.8, 4) is 22.9 Å². The van der Waals surface area contributed by atoms with Gasteiger partial charge in [-0.15, -0.1) is 13.2 Å². The number of methoxy groups -OCH3 is 1. The van der Waals surface area contributed by atoms with Gasteiger partial charge in [-0.25, -0.2) is 9.97 Å². The van der Waals surface area contributed by atoms with Crippen molar-refractivity contribution in [2.75, 3.05) is 18.2 Å². The second-order valence-electron chi connectivity index (χ2n) is 5.56. The molecule has 0 spiro atoms. The SMILES string of the molecule is CCC(CC)Nc1cnc(-c2ccc(OC(F)(F)F)cc2OC)nc1N. The van der Waals surface area contributed by atoms with Crippen LogP contribution in [0.5, 0.6) is 11.5 Å². The largest absolute Gasteiger partial charge is 0.573 e. The van der Waals surface area contributed by atoms with Crippen LogP contribution in [0, 0.1) is 0 Å². The number of nitrogens with one attached hydrogen (secondary N) is 1. The molecule has 6 nitrogen and oxygen atoms in total. The van der Waals surface area contributed by atoms with E-state index < -0.39 is 12.1 Å². The van der Waals surface area contributed by atoms with Gasteiger partial charge in [-0.1, -0.05) is 13.8 Å². The zero-order chi connectivity index (χ0) is 19.3. The van der Waals surface area contributed by atoms with E-state index in [9.17, 15) is 13.2 Å². The van der Waals surface area contributed by atoms with Crippen molar-refractivity contribution in [3.63, 3.8) is 0 Å². The lowest BCUT2D eigenvalue weighted by atomic mass is 10.1. The molecule has 1 aromatic carbocycles. The molecule has 0 aliphatic heterocycles. The average molecular weight is 370 g/mol. The summed E-state index contributed by atoms with van der Waals surface area (Å²) in [5, 5.41) is 3.26. The Morgan fingerprint density at radius 2 is 1.92 bits per heavy atom. The van der Waals surface area contributed by atoms with Crippen molar-refractivity contribution in [1.29, 1.82) is 0 Å². The summed E-state index contributed by atoms with van der Waals surface area (Å²) in [4.78, 5) is 8.49. The summed E-state index contributed by atoms with van der Waals surface area (Å²) in [6.45, 7) is 4.12. The van der Waals surface area contributed by atoms with Gasteiger partial charge < -0.3 is 20.5 Å². The third-order valence-electron chi connectivity index (χ3n) is 3.81. The van der Waals surface area contributed by atoms with Crippen molar-refractivity contribution in [1.82, 2.24) is 9.97 Å². The van der Waals surface area contributed by atoms with E-state index in [-0.39, 0.29) is 23.4 Å². The number of nitrogen functional groups attached to an aromatic ring is 1. The normalized spacial score (nSPS) is 11.5. The van der Waals surface area contributed by atoms with Crippen LogP contribution in [-0.4, -0.2) is 29.5 Å². The summed E-state index contributed by atoms with van der Waals surface area (Å²) in [7, 11) is 1.34. The van der Waals surface area contributed by atoms with Gasteiger partial charge in [0.2, 0.25) is 0 Å². The molecule has 0 saturated heterocycles. The number of aromatic nitrogens is 2. The van der Waals surface area contributed by atoms with Gasteiger partial charge >= 0.3 is 6.36 Å². The highest BCUT2D eigenvalue weighted by molar-refractivity contribution is 5.70. The van der Waals surface area contributed by atoms with Gasteiger partial charge in [-0.05, 0) is 25.0 Å². The number of hydrogen-bond acceptors (Lipinski definition) is 6. The highest BCUT2D eigenvalue weighted by Crippen LogP contribution is 2.34. The average Bonchev–Trinajstić information content (AvgIpc) is 2.59. The first-order valence-corrected chi connectivity index (χ1v) is 8.10. The molecular weight excluding hydrogens is 349 g/mol. The summed E-state index contributed by atoms with van der Waals surface area (Å²) >= 11 is 0. The first-order chi connectivity index (χ1) is 12.3. The van der Waals surface area contributed by atoms with E-state index >= 15 is 0 Å². The van der Waals surface area contributed by atoms with Gasteiger partial charge in [0.15, 0.2) is 11.6 Å². The molecule has 0 aliphatic rings. The number of halogens is 3. The lowest BCUT2D eigenvalue weighted by Crippen LogP contribution is -2.18. The molecule has 9 heteroatoms. The Bertz CT molecular complexity index is 749. The second-order valence-corrected chi connectivity index (χ2v) is 5.56. The van der Waals surface area contributed by atoms with Crippen LogP contribution in [0.25, 0.3) is 11.4 Å². The van der Waals surface area contributed by atoms with E-state index in [1.807, 2.05) is 0 Å². The number of alkyl halides is 3. The maximum atomic E-state index is 12.3. The van der Waals surface area contributed by atoms with E-state index in [1.165, 1.54) is 19.2 Å². The van der Waals surface area contributed by atoms with Crippen molar-refractivity contribution in [3.05, 3.63) is 24.4 Å². The Morgan fingerprint density at radius 3 is 2.46 bits per heavy atom. The fourth-order valence-electron chi connectivity index (χ4n) is 2.40. The monoisotopic (exact) mass is 370 g/mol. The molecule has 0 radical (unpaired) electrons. The van der Waals surface area contributed by atoms with Gasteiger partial charge in [0.25, 0.3) is 0 Å². The molecular formula is C17H21F3N4O2. The molecule has 2 aromatic rings. The van der Waals surface area contributed by atoms with Crippen LogP contribution in [0.15, 0.2) is 24.4 Å². The molecule has 0 unspecified atom stereocenters. The lowest BCUT2D eigenvalue weighted by Gasteiger charge is -2.17. The van der Waals surface area contributed by atoms with E-state index in [0.717, 1.165) is 18.9 Å². The van der Waals surface area contributed by atoms with Gasteiger partial charge in [-0.3, -0.25) is 0 Å². The molecule has 0 aliphatic carbocycles. The number of rotatable bonds is 7. The van der Waals surface area contributed by atoms with E-state index in [2.05, 4.69) is 33.9 Å². The van der Waals surface area contributed by atoms with Gasteiger partial charge in [0.1, 0.15) is 11.5 Å². The van der Waals surface area contributed by atoms with Crippen LogP contribution < -0.4 is 20.5 Å². The first-order valence-electron chi connectivity index (χ1n) is 8.10. The van der Waals surface area contributed by atoms with Gasteiger partial charge in [0.05, 0.1) is 24.6 Å². The Hall–Kier alpha value is -2.71. The van der Waals surface area contributed by atoms with Gasteiger partial charge in [-0.2, -0.15) is 0 Å². The molecule has 0 saturated carbocycles. The summed E-state index contributed by atoms with van der Waals surface area (Å²) in [6, 6.07) is 3.93. The predicted octanol–water partition coefficient (Wildman–Crippen LogP) is 4.23. The first kappa shape index (κ1) is 19.6. The topological polar surface area (TPSA) is 82.3 Å². The lowest BCUT2D eigenvalue weighted by molar-refractivity contribution is -0.274. The van der Waals surface area contributed by atoms with Crippen molar-refractivity contribution in [2.24, 2.45) is 0 Å². The number of ether oxygens (including phenoxy) is 2. The molecule has 26 heavy (non-hydrogen) atoms. The van der Waals surface area contributed by atoms with E-state index in [1.54, 1.807) is 6.20 Å². The number of anilines is 2. The molecule has 142 valence electrons. The third kappa shape index (κ3) is 4.90. The Labute approximate surface area is 149 Å². The standard InChI is InChI=1S/C17H21F3N4O2/c1-4-10(5-2)23-13-9-22-16(24-15(13)21)12-7-6-11(8-14(12)25-3)26-17(18,19)20/h6-10,23H,4-5H2,1-3H3,(H2,21,22,24). The van der Waals surface area contributed by atoms with E-state index in [0.29, 0.717) is 11.3 Å². The number of nitrogens with two attached hydrogens (primary N) is 1. The molecule has 0 amide bonds. The summed E-state index contributed by atoms with van der Waals surface area (Å²) < 4.78 is 46.1. The smallest absolute Gasteiger partial charge is 0.496 e. The van der Waals surface area contributed by atoms with Crippen molar-refractivity contribution < 1.29 is 22.6 Å². The summed E-state index contributed by atoms with van der Waals surface area (Å²) in [6.07, 6.45) is -1.39. The van der Waals surface area contributed by atoms with E-state index in [4.69, 9.17) is 10.5 Å². The number of hydrogen-bond donors (Lipinski definition) is 2. The third-order valence-corrected chi connectivity index (χ3v) is 3.81. The van der Waals surface area contributed by atoms with Crippen LogP contribution in [0.1, 0.15) is 26.7 Å². The molecule has 0 bridgehead atoms. The minimum Gasteiger partial charge on any atom is -0.496 e. The molecule has 0 fully saturated rings. The van der Waals surface area contributed by atoms with Crippen LogP contribution in [-0.2, 0) is 0 Å². The molecule has 3 N–H and O–H groups in total. The van der Waals surface area contributed by atoms with Crippen molar-refractivity contribution >= 4 is 11.5 Å². The van der Waals surface area contributed by atoms with Crippen LogP contribution >= 0.6 is 0 Å². The number of nitrogens with zero attached hydrogens (tertiary/aromatic N) is 2. The fraction of sp³-hybridized carbons (Fsp3) is 0.412. The minimum absolute atomic E-state index is 0.145. The van der Waals surface area contributed by atoms with Crippen LogP contribution in [0.3, 0.4) is 0 Å². The van der Waals surface area contributed by atoms with Crippen LogP contribution in [0.2, 0.25) is 0 Å². The van der Waals surface area contributed by atoms with Gasteiger partial charge in [0, 0.05) is 12.1 Å². The number of benzene rings is 1. The molecule has 2 rings (SSSR count). The highest BCUT2D eigenvalue weighted by Gasteiger charge is 2.31. The Morgan fingerprint density at radius 1 is 1.23 bits per heavy atom. The minimum atomic E-state index is -4.78. The summed E-state index contributed by atoms with van der Waals surface area (Å²) in [5.41, 5.74) is 7.01. The maximum Gasteiger partial charge on any atom is 0.573 e. The quantitative estimate of drug-likeness (QED) is 0.759. The highest BCUT2D eigenvalue weighted by atomic mass is 19.4. The Balaban J connectivity index is 2.31. The maximum absolute atomic E-state index is 12.3. The molecule has 0 atom stereocenters. The van der Waals surface area contributed by atoms with Crippen molar-refractivity contribution in [2.45, 2.75) is 39.1 Å². The van der Waals surface area contributed by atoms with Crippen LogP contribution in [0.4, 0.5) is 24.7 Å². The fourth-order valence-corrected chi connectivity index (χ4v) is 2.40. The zero-order valence-corrected chi connectivity index (χ0v) is 14.7. The molecule has 1 heterocycles. The summed E-state index contributed by atoms with van der Waals surface area (Å²) in [5.74, 6) is 0.248. The second kappa shape index (κ2) is 8.11. The Kier molecular flexibility index (Phi) is 6.12.